The monoisotopic (exact) mass is 187 g/mol. The van der Waals surface area contributed by atoms with Crippen molar-refractivity contribution < 1.29 is 19.5 Å². The van der Waals surface area contributed by atoms with Gasteiger partial charge >= 0.3 is 5.97 Å². The van der Waals surface area contributed by atoms with Gasteiger partial charge in [0.15, 0.2) is 0 Å². The molecule has 0 spiro atoms. The van der Waals surface area contributed by atoms with Crippen LogP contribution in [0.3, 0.4) is 0 Å². The molecule has 5 nitrogen and oxygen atoms in total. The Morgan fingerprint density at radius 1 is 1.38 bits per heavy atom. The van der Waals surface area contributed by atoms with Crippen molar-refractivity contribution in [3.05, 3.63) is 0 Å². The van der Waals surface area contributed by atoms with Gasteiger partial charge in [-0.1, -0.05) is 6.92 Å². The van der Waals surface area contributed by atoms with E-state index < -0.39 is 17.9 Å². The smallest absolute Gasteiger partial charge is 0.326 e. The SMILES string of the molecule is CCC(NC(=O)CC(C)=O)C(=O)O. The van der Waals surface area contributed by atoms with E-state index in [0.717, 1.165) is 0 Å². The zero-order valence-corrected chi connectivity index (χ0v) is 7.66. The molecule has 0 bridgehead atoms. The lowest BCUT2D eigenvalue weighted by Gasteiger charge is -2.10. The highest BCUT2D eigenvalue weighted by Gasteiger charge is 2.17. The second-order valence-corrected chi connectivity index (χ2v) is 2.75. The summed E-state index contributed by atoms with van der Waals surface area (Å²) in [6, 6.07) is -0.896. The third kappa shape index (κ3) is 4.95. The summed E-state index contributed by atoms with van der Waals surface area (Å²) in [4.78, 5) is 31.9. The summed E-state index contributed by atoms with van der Waals surface area (Å²) in [6.45, 7) is 2.92. The molecule has 0 heterocycles. The number of carbonyl (C=O) groups is 3. The summed E-state index contributed by atoms with van der Waals surface area (Å²) in [5, 5.41) is 10.8. The Labute approximate surface area is 76.1 Å². The largest absolute Gasteiger partial charge is 0.480 e. The maximum Gasteiger partial charge on any atom is 0.326 e. The van der Waals surface area contributed by atoms with Gasteiger partial charge in [0.2, 0.25) is 5.91 Å². The van der Waals surface area contributed by atoms with Gasteiger partial charge < -0.3 is 10.4 Å². The molecule has 0 radical (unpaired) electrons. The van der Waals surface area contributed by atoms with Gasteiger partial charge in [-0.15, -0.1) is 0 Å². The van der Waals surface area contributed by atoms with Crippen LogP contribution in [0.15, 0.2) is 0 Å². The third-order valence-corrected chi connectivity index (χ3v) is 1.45. The number of rotatable bonds is 5. The van der Waals surface area contributed by atoms with Gasteiger partial charge in [-0.2, -0.15) is 0 Å². The van der Waals surface area contributed by atoms with E-state index in [1.165, 1.54) is 6.92 Å². The lowest BCUT2D eigenvalue weighted by atomic mass is 10.2. The molecule has 0 aliphatic rings. The highest BCUT2D eigenvalue weighted by molar-refractivity contribution is 5.98. The van der Waals surface area contributed by atoms with E-state index in [1.807, 2.05) is 0 Å². The van der Waals surface area contributed by atoms with Gasteiger partial charge in [-0.25, -0.2) is 4.79 Å². The summed E-state index contributed by atoms with van der Waals surface area (Å²) in [5.41, 5.74) is 0. The van der Waals surface area contributed by atoms with Crippen molar-refractivity contribution in [3.8, 4) is 0 Å². The zero-order valence-electron chi connectivity index (χ0n) is 7.66. The van der Waals surface area contributed by atoms with Crippen molar-refractivity contribution in [2.45, 2.75) is 32.7 Å². The van der Waals surface area contributed by atoms with Crippen LogP contribution in [0.5, 0.6) is 0 Å². The van der Waals surface area contributed by atoms with Crippen molar-refractivity contribution in [2.75, 3.05) is 0 Å². The number of hydrogen-bond acceptors (Lipinski definition) is 3. The Balaban J connectivity index is 4.01. The van der Waals surface area contributed by atoms with Crippen LogP contribution in [0.25, 0.3) is 0 Å². The summed E-state index contributed by atoms with van der Waals surface area (Å²) in [6.07, 6.45) is 0.0444. The molecule has 2 N–H and O–H groups in total. The molecular formula is C8H13NO4. The first kappa shape index (κ1) is 11.6. The van der Waals surface area contributed by atoms with Gasteiger partial charge in [-0.05, 0) is 13.3 Å². The van der Waals surface area contributed by atoms with Crippen LogP contribution in [-0.2, 0) is 14.4 Å². The molecule has 0 saturated carbocycles. The second-order valence-electron chi connectivity index (χ2n) is 2.75. The highest BCUT2D eigenvalue weighted by Crippen LogP contribution is 1.92. The Hall–Kier alpha value is -1.39. The minimum Gasteiger partial charge on any atom is -0.480 e. The standard InChI is InChI=1S/C8H13NO4/c1-3-6(8(12)13)9-7(11)4-5(2)10/h6H,3-4H2,1-2H3,(H,9,11)(H,12,13). The minimum absolute atomic E-state index is 0.260. The second kappa shape index (κ2) is 5.29. The number of carbonyl (C=O) groups excluding carboxylic acids is 2. The number of Topliss-reactive ketones (excluding diaryl/α,β-unsaturated/α-hetero) is 1. The summed E-state index contributed by atoms with van der Waals surface area (Å²) in [5.74, 6) is -1.90. The molecule has 0 aromatic heterocycles. The predicted octanol–water partition coefficient (Wildman–Crippen LogP) is -0.0551. The van der Waals surface area contributed by atoms with Crippen LogP contribution < -0.4 is 5.32 Å². The summed E-state index contributed by atoms with van der Waals surface area (Å²) >= 11 is 0. The average molecular weight is 187 g/mol. The number of ketones is 1. The Kier molecular flexibility index (Phi) is 4.72. The van der Waals surface area contributed by atoms with Gasteiger partial charge in [-0.3, -0.25) is 9.59 Å². The average Bonchev–Trinajstić information content (AvgIpc) is 1.98. The number of amides is 1. The molecule has 0 rings (SSSR count). The molecule has 5 heteroatoms. The molecule has 0 aromatic carbocycles. The molecule has 0 aliphatic carbocycles. The molecule has 0 aromatic rings. The van der Waals surface area contributed by atoms with E-state index in [2.05, 4.69) is 5.32 Å². The minimum atomic E-state index is -1.08. The van der Waals surface area contributed by atoms with Crippen molar-refractivity contribution in [1.82, 2.24) is 5.32 Å². The lowest BCUT2D eigenvalue weighted by molar-refractivity contribution is -0.142. The van der Waals surface area contributed by atoms with Crippen LogP contribution in [0.4, 0.5) is 0 Å². The maximum atomic E-state index is 10.9. The van der Waals surface area contributed by atoms with Crippen LogP contribution in [0, 0.1) is 0 Å². The van der Waals surface area contributed by atoms with Gasteiger partial charge in [0.1, 0.15) is 11.8 Å². The first-order valence-electron chi connectivity index (χ1n) is 3.99. The number of hydrogen-bond donors (Lipinski definition) is 2. The van der Waals surface area contributed by atoms with E-state index in [0.29, 0.717) is 6.42 Å². The third-order valence-electron chi connectivity index (χ3n) is 1.45. The Morgan fingerprint density at radius 3 is 2.23 bits per heavy atom. The van der Waals surface area contributed by atoms with E-state index in [-0.39, 0.29) is 12.2 Å². The van der Waals surface area contributed by atoms with Crippen molar-refractivity contribution in [2.24, 2.45) is 0 Å². The van der Waals surface area contributed by atoms with Crippen molar-refractivity contribution in [3.63, 3.8) is 0 Å². The Bertz CT molecular complexity index is 224. The van der Waals surface area contributed by atoms with Gasteiger partial charge in [0.25, 0.3) is 0 Å². The highest BCUT2D eigenvalue weighted by atomic mass is 16.4. The molecule has 0 fully saturated rings. The lowest BCUT2D eigenvalue weighted by Crippen LogP contribution is -2.40. The summed E-state index contributed by atoms with van der Waals surface area (Å²) < 4.78 is 0. The molecule has 1 unspecified atom stereocenters. The summed E-state index contributed by atoms with van der Waals surface area (Å²) in [7, 11) is 0. The van der Waals surface area contributed by atoms with Gasteiger partial charge in [0.05, 0.1) is 6.42 Å². The maximum absolute atomic E-state index is 10.9. The normalized spacial score (nSPS) is 11.8. The number of aliphatic carboxylic acids is 1. The van der Waals surface area contributed by atoms with Crippen molar-refractivity contribution in [1.29, 1.82) is 0 Å². The Morgan fingerprint density at radius 2 is 1.92 bits per heavy atom. The van der Waals surface area contributed by atoms with Crippen molar-refractivity contribution >= 4 is 17.7 Å². The molecule has 0 aliphatic heterocycles. The fourth-order valence-corrected chi connectivity index (χ4v) is 0.810. The van der Waals surface area contributed by atoms with Crippen LogP contribution in [0.2, 0.25) is 0 Å². The number of carboxylic acid groups (broad SMARTS) is 1. The number of nitrogens with one attached hydrogen (secondary N) is 1. The van der Waals surface area contributed by atoms with Crippen LogP contribution in [0.1, 0.15) is 26.7 Å². The first-order valence-corrected chi connectivity index (χ1v) is 3.99. The zero-order chi connectivity index (χ0) is 10.4. The number of carboxylic acids is 1. The molecule has 1 amide bonds. The molecule has 0 saturated heterocycles. The molecule has 74 valence electrons. The first-order chi connectivity index (χ1) is 5.97. The van der Waals surface area contributed by atoms with Crippen LogP contribution in [-0.4, -0.2) is 28.8 Å². The van der Waals surface area contributed by atoms with Crippen LogP contribution >= 0.6 is 0 Å². The predicted molar refractivity (Wildman–Crippen MR) is 45.2 cm³/mol. The van der Waals surface area contributed by atoms with E-state index in [1.54, 1.807) is 6.92 Å². The topological polar surface area (TPSA) is 83.5 Å². The van der Waals surface area contributed by atoms with Gasteiger partial charge in [0, 0.05) is 0 Å². The fourth-order valence-electron chi connectivity index (χ4n) is 0.810. The molecule has 13 heavy (non-hydrogen) atoms. The quantitative estimate of drug-likeness (QED) is 0.591. The van der Waals surface area contributed by atoms with E-state index in [9.17, 15) is 14.4 Å². The van der Waals surface area contributed by atoms with E-state index >= 15 is 0 Å². The fraction of sp³-hybridized carbons (Fsp3) is 0.625. The molecule has 1 atom stereocenters. The van der Waals surface area contributed by atoms with E-state index in [4.69, 9.17) is 5.11 Å². The molecular weight excluding hydrogens is 174 g/mol.